The van der Waals surface area contributed by atoms with E-state index in [-0.39, 0.29) is 10.7 Å². The first kappa shape index (κ1) is 17.1. The fraction of sp³-hybridized carbons (Fsp3) is 0.133. The molecule has 0 bridgehead atoms. The standard InChI is InChI=1S/C15H14BrNO3S2/c1-17(2)22(19,20)13-7-3-11(4-8-13)14(18)9-5-12-6-10-15(16)21-12/h3-10H,1-2H3/b9-5+. The maximum atomic E-state index is 12.1. The highest BCUT2D eigenvalue weighted by molar-refractivity contribution is 9.11. The second-order valence-corrected chi connectivity index (χ2v) is 9.30. The second-order valence-electron chi connectivity index (χ2n) is 4.65. The van der Waals surface area contributed by atoms with Crippen LogP contribution in [0.4, 0.5) is 0 Å². The first-order chi connectivity index (χ1) is 10.3. The number of allylic oxidation sites excluding steroid dienone is 1. The molecule has 0 amide bonds. The van der Waals surface area contributed by atoms with Gasteiger partial charge in [0.25, 0.3) is 0 Å². The van der Waals surface area contributed by atoms with Gasteiger partial charge in [0.05, 0.1) is 8.68 Å². The molecule has 0 N–H and O–H groups in total. The van der Waals surface area contributed by atoms with E-state index in [0.717, 1.165) is 13.0 Å². The van der Waals surface area contributed by atoms with Crippen molar-refractivity contribution >= 4 is 49.1 Å². The third-order valence-corrected chi connectivity index (χ3v) is 6.33. The number of hydrogen-bond donors (Lipinski definition) is 0. The first-order valence-electron chi connectivity index (χ1n) is 6.31. The zero-order valence-electron chi connectivity index (χ0n) is 12.0. The van der Waals surface area contributed by atoms with Crippen LogP contribution in [0.5, 0.6) is 0 Å². The van der Waals surface area contributed by atoms with Gasteiger partial charge >= 0.3 is 0 Å². The molecule has 0 aliphatic rings. The molecule has 1 aromatic carbocycles. The summed E-state index contributed by atoms with van der Waals surface area (Å²) in [5.74, 6) is -0.168. The molecule has 2 aromatic rings. The van der Waals surface area contributed by atoms with E-state index >= 15 is 0 Å². The Morgan fingerprint density at radius 1 is 1.14 bits per heavy atom. The van der Waals surface area contributed by atoms with E-state index in [9.17, 15) is 13.2 Å². The van der Waals surface area contributed by atoms with Crippen LogP contribution < -0.4 is 0 Å². The predicted molar refractivity (Wildman–Crippen MR) is 92.7 cm³/mol. The number of nitrogens with zero attached hydrogens (tertiary/aromatic N) is 1. The normalized spacial score (nSPS) is 12.2. The highest BCUT2D eigenvalue weighted by Gasteiger charge is 2.17. The summed E-state index contributed by atoms with van der Waals surface area (Å²) in [5, 5.41) is 0. The molecule has 116 valence electrons. The van der Waals surface area contributed by atoms with E-state index < -0.39 is 10.0 Å². The molecule has 1 heterocycles. The Balaban J connectivity index is 2.17. The minimum atomic E-state index is -3.47. The van der Waals surface area contributed by atoms with Crippen molar-refractivity contribution in [1.29, 1.82) is 0 Å². The van der Waals surface area contributed by atoms with Crippen molar-refractivity contribution in [2.24, 2.45) is 0 Å². The summed E-state index contributed by atoms with van der Waals surface area (Å²) < 4.78 is 26.0. The van der Waals surface area contributed by atoms with Gasteiger partial charge in [-0.15, -0.1) is 11.3 Å². The van der Waals surface area contributed by atoms with Crippen LogP contribution in [-0.4, -0.2) is 32.6 Å². The lowest BCUT2D eigenvalue weighted by Crippen LogP contribution is -2.22. The zero-order valence-corrected chi connectivity index (χ0v) is 15.2. The quantitative estimate of drug-likeness (QED) is 0.569. The molecule has 0 unspecified atom stereocenters. The monoisotopic (exact) mass is 399 g/mol. The molecule has 7 heteroatoms. The van der Waals surface area contributed by atoms with E-state index in [1.54, 1.807) is 6.08 Å². The van der Waals surface area contributed by atoms with Gasteiger partial charge in [0.1, 0.15) is 0 Å². The van der Waals surface area contributed by atoms with Crippen LogP contribution in [0.3, 0.4) is 0 Å². The highest BCUT2D eigenvalue weighted by Crippen LogP contribution is 2.23. The third kappa shape index (κ3) is 3.92. The molecule has 0 aliphatic carbocycles. The van der Waals surface area contributed by atoms with Crippen molar-refractivity contribution in [2.45, 2.75) is 4.90 Å². The van der Waals surface area contributed by atoms with Gasteiger partial charge in [0.2, 0.25) is 10.0 Å². The molecular formula is C15H14BrNO3S2. The van der Waals surface area contributed by atoms with Crippen molar-refractivity contribution in [3.8, 4) is 0 Å². The number of thiophene rings is 1. The predicted octanol–water partition coefficient (Wildman–Crippen LogP) is 3.66. The number of carbonyl (C=O) groups is 1. The van der Waals surface area contributed by atoms with Crippen LogP contribution in [-0.2, 0) is 10.0 Å². The van der Waals surface area contributed by atoms with Gasteiger partial charge in [-0.2, -0.15) is 0 Å². The van der Waals surface area contributed by atoms with E-state index in [0.29, 0.717) is 5.56 Å². The van der Waals surface area contributed by atoms with Crippen molar-refractivity contribution in [1.82, 2.24) is 4.31 Å². The van der Waals surface area contributed by atoms with Crippen molar-refractivity contribution in [3.63, 3.8) is 0 Å². The molecule has 0 spiro atoms. The van der Waals surface area contributed by atoms with E-state index in [2.05, 4.69) is 15.9 Å². The SMILES string of the molecule is CN(C)S(=O)(=O)c1ccc(C(=O)/C=C/c2ccc(Br)s2)cc1. The second kappa shape index (κ2) is 6.87. The Morgan fingerprint density at radius 2 is 1.77 bits per heavy atom. The zero-order chi connectivity index (χ0) is 16.3. The van der Waals surface area contributed by atoms with Crippen LogP contribution >= 0.6 is 27.3 Å². The molecule has 0 fully saturated rings. The van der Waals surface area contributed by atoms with Gasteiger partial charge in [-0.05, 0) is 64.5 Å². The molecule has 0 radical (unpaired) electrons. The number of benzene rings is 1. The Labute approximate surface area is 142 Å². The summed E-state index contributed by atoms with van der Waals surface area (Å²) in [6, 6.07) is 9.75. The number of halogens is 1. The number of sulfonamides is 1. The van der Waals surface area contributed by atoms with E-state index in [1.807, 2.05) is 12.1 Å². The molecule has 0 saturated carbocycles. The molecule has 0 saturated heterocycles. The summed E-state index contributed by atoms with van der Waals surface area (Å²) >= 11 is 4.89. The molecule has 1 aromatic heterocycles. The Hall–Kier alpha value is -1.28. The van der Waals surface area contributed by atoms with Crippen LogP contribution in [0, 0.1) is 0 Å². The third-order valence-electron chi connectivity index (χ3n) is 2.91. The Morgan fingerprint density at radius 3 is 2.27 bits per heavy atom. The largest absolute Gasteiger partial charge is 0.289 e. The molecule has 0 atom stereocenters. The fourth-order valence-electron chi connectivity index (χ4n) is 1.67. The Bertz CT molecular complexity index is 806. The topological polar surface area (TPSA) is 54.5 Å². The van der Waals surface area contributed by atoms with Crippen molar-refractivity contribution < 1.29 is 13.2 Å². The summed E-state index contributed by atoms with van der Waals surface area (Å²) in [4.78, 5) is 13.2. The maximum absolute atomic E-state index is 12.1. The summed E-state index contributed by atoms with van der Waals surface area (Å²) in [6.07, 6.45) is 3.22. The van der Waals surface area contributed by atoms with Crippen molar-refractivity contribution in [2.75, 3.05) is 14.1 Å². The average Bonchev–Trinajstić information content (AvgIpc) is 2.90. The molecule has 2 rings (SSSR count). The highest BCUT2D eigenvalue weighted by atomic mass is 79.9. The summed E-state index contributed by atoms with van der Waals surface area (Å²) in [6.45, 7) is 0. The molecule has 4 nitrogen and oxygen atoms in total. The van der Waals surface area contributed by atoms with Gasteiger partial charge < -0.3 is 0 Å². The molecule has 0 aliphatic heterocycles. The average molecular weight is 400 g/mol. The minimum absolute atomic E-state index is 0.167. The summed E-state index contributed by atoms with van der Waals surface area (Å²) in [7, 11) is -0.534. The van der Waals surface area contributed by atoms with E-state index in [1.165, 1.54) is 55.8 Å². The Kier molecular flexibility index (Phi) is 5.33. The minimum Gasteiger partial charge on any atom is -0.289 e. The number of hydrogen-bond acceptors (Lipinski definition) is 4. The van der Waals surface area contributed by atoms with Gasteiger partial charge in [-0.25, -0.2) is 12.7 Å². The number of ketones is 1. The van der Waals surface area contributed by atoms with Crippen LogP contribution in [0.25, 0.3) is 6.08 Å². The van der Waals surface area contributed by atoms with Crippen molar-refractivity contribution in [3.05, 3.63) is 56.7 Å². The van der Waals surface area contributed by atoms with Gasteiger partial charge in [0, 0.05) is 24.5 Å². The lowest BCUT2D eigenvalue weighted by Gasteiger charge is -2.11. The summed E-state index contributed by atoms with van der Waals surface area (Å²) in [5.41, 5.74) is 0.449. The number of rotatable bonds is 5. The van der Waals surface area contributed by atoms with Crippen LogP contribution in [0.2, 0.25) is 0 Å². The number of carbonyl (C=O) groups excluding carboxylic acids is 1. The fourth-order valence-corrected chi connectivity index (χ4v) is 3.90. The van der Waals surface area contributed by atoms with Crippen LogP contribution in [0.1, 0.15) is 15.2 Å². The van der Waals surface area contributed by atoms with E-state index in [4.69, 9.17) is 0 Å². The first-order valence-corrected chi connectivity index (χ1v) is 9.36. The van der Waals surface area contributed by atoms with Gasteiger partial charge in [-0.3, -0.25) is 4.79 Å². The lowest BCUT2D eigenvalue weighted by molar-refractivity contribution is 0.104. The molecular weight excluding hydrogens is 386 g/mol. The lowest BCUT2D eigenvalue weighted by atomic mass is 10.1. The maximum Gasteiger partial charge on any atom is 0.242 e. The van der Waals surface area contributed by atoms with Gasteiger partial charge in [0.15, 0.2) is 5.78 Å². The van der Waals surface area contributed by atoms with Crippen LogP contribution in [0.15, 0.2) is 51.2 Å². The van der Waals surface area contributed by atoms with Gasteiger partial charge in [-0.1, -0.05) is 0 Å². The molecule has 22 heavy (non-hydrogen) atoms. The smallest absolute Gasteiger partial charge is 0.242 e.